The monoisotopic (exact) mass is 289 g/mol. The minimum Gasteiger partial charge on any atom is -0.258 e. The van der Waals surface area contributed by atoms with Gasteiger partial charge in [0.25, 0.3) is 5.69 Å². The van der Waals surface area contributed by atoms with Crippen LogP contribution >= 0.6 is 39.9 Å². The van der Waals surface area contributed by atoms with Crippen LogP contribution in [0.3, 0.4) is 0 Å². The minimum atomic E-state index is -0.403. The van der Waals surface area contributed by atoms with Gasteiger partial charge in [-0.05, 0) is 28.1 Å². The van der Waals surface area contributed by atoms with E-state index in [0.29, 0.717) is 4.47 Å². The summed E-state index contributed by atoms with van der Waals surface area (Å²) in [7, 11) is 0. The van der Waals surface area contributed by atoms with Gasteiger partial charge in [-0.15, -0.1) is 24.0 Å². The highest BCUT2D eigenvalue weighted by Gasteiger charge is 2.13. The van der Waals surface area contributed by atoms with Crippen molar-refractivity contribution in [3.8, 4) is 0 Å². The summed E-state index contributed by atoms with van der Waals surface area (Å²) in [6, 6.07) is 5.12. The van der Waals surface area contributed by atoms with E-state index in [1.807, 2.05) is 6.07 Å². The molecule has 72 valence electrons. The fourth-order valence-electron chi connectivity index (χ4n) is 1.18. The van der Waals surface area contributed by atoms with E-state index in [2.05, 4.69) is 28.6 Å². The lowest BCUT2D eigenvalue weighted by atomic mass is 10.2. The van der Waals surface area contributed by atoms with Crippen molar-refractivity contribution in [3.63, 3.8) is 0 Å². The third kappa shape index (κ3) is 1.65. The average molecular weight is 290 g/mol. The number of nitrogens with zero attached hydrogens (tertiary/aromatic N) is 1. The quantitative estimate of drug-likeness (QED) is 0.492. The van der Waals surface area contributed by atoms with E-state index in [9.17, 15) is 10.1 Å². The molecular formula is C8H4BrNO2S2. The third-order valence-electron chi connectivity index (χ3n) is 1.77. The molecule has 0 aliphatic carbocycles. The van der Waals surface area contributed by atoms with E-state index in [1.165, 1.54) is 11.3 Å². The predicted molar refractivity (Wildman–Crippen MR) is 63.4 cm³/mol. The van der Waals surface area contributed by atoms with Crippen molar-refractivity contribution in [3.05, 3.63) is 32.8 Å². The van der Waals surface area contributed by atoms with Gasteiger partial charge in [0.05, 0.1) is 13.6 Å². The molecule has 0 amide bonds. The summed E-state index contributed by atoms with van der Waals surface area (Å²) in [5.74, 6) is 0. The van der Waals surface area contributed by atoms with Crippen LogP contribution < -0.4 is 0 Å². The summed E-state index contributed by atoms with van der Waals surface area (Å²) < 4.78 is 2.35. The molecule has 0 spiro atoms. The number of hydrogen-bond donors (Lipinski definition) is 1. The van der Waals surface area contributed by atoms with Crippen molar-refractivity contribution in [1.82, 2.24) is 0 Å². The highest BCUT2D eigenvalue weighted by molar-refractivity contribution is 9.10. The van der Waals surface area contributed by atoms with Crippen LogP contribution in [0.4, 0.5) is 5.69 Å². The minimum absolute atomic E-state index is 0.0867. The molecule has 0 saturated carbocycles. The van der Waals surface area contributed by atoms with Crippen molar-refractivity contribution in [1.29, 1.82) is 0 Å². The molecule has 0 fully saturated rings. The Kier molecular flexibility index (Phi) is 2.50. The summed E-state index contributed by atoms with van der Waals surface area (Å²) in [6.45, 7) is 0. The zero-order valence-electron chi connectivity index (χ0n) is 6.73. The van der Waals surface area contributed by atoms with Crippen molar-refractivity contribution in [2.45, 2.75) is 4.21 Å². The Morgan fingerprint density at radius 2 is 2.14 bits per heavy atom. The summed E-state index contributed by atoms with van der Waals surface area (Å²) >= 11 is 8.86. The standard InChI is InChI=1S/C8H4BrNO2S2/c9-5-3-7-4(2-8(13)14-7)1-6(5)10(11)12/h1-3,13H. The molecule has 2 rings (SSSR count). The topological polar surface area (TPSA) is 43.1 Å². The van der Waals surface area contributed by atoms with Gasteiger partial charge < -0.3 is 0 Å². The second-order valence-corrected chi connectivity index (χ2v) is 5.41. The summed E-state index contributed by atoms with van der Waals surface area (Å²) in [5.41, 5.74) is 0.0867. The summed E-state index contributed by atoms with van der Waals surface area (Å²) in [4.78, 5) is 10.2. The van der Waals surface area contributed by atoms with E-state index in [1.54, 1.807) is 12.1 Å². The molecule has 1 aromatic heterocycles. The molecule has 14 heavy (non-hydrogen) atoms. The van der Waals surface area contributed by atoms with Crippen LogP contribution in [-0.4, -0.2) is 4.92 Å². The van der Waals surface area contributed by atoms with E-state index in [4.69, 9.17) is 0 Å². The molecule has 0 atom stereocenters. The third-order valence-corrected chi connectivity index (χ3v) is 3.71. The van der Waals surface area contributed by atoms with Gasteiger partial charge in [0.15, 0.2) is 0 Å². The first kappa shape index (κ1) is 9.95. The highest BCUT2D eigenvalue weighted by atomic mass is 79.9. The molecule has 6 heteroatoms. The smallest absolute Gasteiger partial charge is 0.258 e. The molecular weight excluding hydrogens is 286 g/mol. The molecule has 0 N–H and O–H groups in total. The van der Waals surface area contributed by atoms with Gasteiger partial charge in [0.1, 0.15) is 0 Å². The van der Waals surface area contributed by atoms with Crippen molar-refractivity contribution in [2.75, 3.05) is 0 Å². The Morgan fingerprint density at radius 1 is 1.43 bits per heavy atom. The molecule has 1 heterocycles. The van der Waals surface area contributed by atoms with E-state index < -0.39 is 4.92 Å². The average Bonchev–Trinajstić information content (AvgIpc) is 2.42. The second-order valence-electron chi connectivity index (χ2n) is 2.68. The van der Waals surface area contributed by atoms with E-state index in [0.717, 1.165) is 14.3 Å². The maximum absolute atomic E-state index is 10.6. The van der Waals surface area contributed by atoms with Crippen LogP contribution in [0, 0.1) is 10.1 Å². The van der Waals surface area contributed by atoms with Crippen LogP contribution in [-0.2, 0) is 0 Å². The fraction of sp³-hybridized carbons (Fsp3) is 0. The summed E-state index contributed by atoms with van der Waals surface area (Å²) in [6.07, 6.45) is 0. The predicted octanol–water partition coefficient (Wildman–Crippen LogP) is 3.86. The number of benzene rings is 1. The Morgan fingerprint density at radius 3 is 2.79 bits per heavy atom. The Bertz CT molecular complexity index is 523. The number of nitro benzene ring substituents is 1. The largest absolute Gasteiger partial charge is 0.284 e. The Balaban J connectivity index is 2.76. The van der Waals surface area contributed by atoms with E-state index in [-0.39, 0.29) is 5.69 Å². The van der Waals surface area contributed by atoms with Gasteiger partial charge in [-0.2, -0.15) is 0 Å². The second kappa shape index (κ2) is 3.52. The normalized spacial score (nSPS) is 10.7. The number of hydrogen-bond acceptors (Lipinski definition) is 4. The number of fused-ring (bicyclic) bond motifs is 1. The molecule has 0 bridgehead atoms. The zero-order valence-corrected chi connectivity index (χ0v) is 10.0. The lowest BCUT2D eigenvalue weighted by Gasteiger charge is -1.94. The van der Waals surface area contributed by atoms with Crippen LogP contribution in [0.15, 0.2) is 26.9 Å². The van der Waals surface area contributed by atoms with Crippen LogP contribution in [0.25, 0.3) is 10.1 Å². The maximum Gasteiger partial charge on any atom is 0.284 e. The molecule has 0 aliphatic rings. The summed E-state index contributed by atoms with van der Waals surface area (Å²) in [5, 5.41) is 11.5. The van der Waals surface area contributed by atoms with Crippen LogP contribution in [0.5, 0.6) is 0 Å². The molecule has 0 aliphatic heterocycles. The van der Waals surface area contributed by atoms with E-state index >= 15 is 0 Å². The first-order valence-electron chi connectivity index (χ1n) is 3.64. The zero-order chi connectivity index (χ0) is 10.3. The lowest BCUT2D eigenvalue weighted by molar-refractivity contribution is -0.385. The highest BCUT2D eigenvalue weighted by Crippen LogP contribution is 2.35. The lowest BCUT2D eigenvalue weighted by Crippen LogP contribution is -1.88. The number of halogens is 1. The molecule has 0 saturated heterocycles. The first-order chi connectivity index (χ1) is 6.58. The molecule has 0 unspecified atom stereocenters. The molecule has 3 nitrogen and oxygen atoms in total. The van der Waals surface area contributed by atoms with Crippen molar-refractivity contribution in [2.24, 2.45) is 0 Å². The van der Waals surface area contributed by atoms with Gasteiger partial charge in [-0.25, -0.2) is 0 Å². The number of rotatable bonds is 1. The first-order valence-corrected chi connectivity index (χ1v) is 5.70. The SMILES string of the molecule is O=[N+]([O-])c1cc2cc(S)sc2cc1Br. The maximum atomic E-state index is 10.6. The molecule has 2 aromatic rings. The van der Waals surface area contributed by atoms with Crippen molar-refractivity contribution >= 4 is 55.7 Å². The fourth-order valence-corrected chi connectivity index (χ4v) is 3.07. The van der Waals surface area contributed by atoms with Gasteiger partial charge >= 0.3 is 0 Å². The van der Waals surface area contributed by atoms with Gasteiger partial charge in [0, 0.05) is 16.2 Å². The number of thiophene rings is 1. The number of thiol groups is 1. The number of nitro groups is 1. The van der Waals surface area contributed by atoms with Crippen LogP contribution in [0.2, 0.25) is 0 Å². The van der Waals surface area contributed by atoms with Gasteiger partial charge in [0.2, 0.25) is 0 Å². The Hall–Kier alpha value is -0.590. The van der Waals surface area contributed by atoms with Crippen molar-refractivity contribution < 1.29 is 4.92 Å². The Labute approximate surface area is 97.4 Å². The van der Waals surface area contributed by atoms with Gasteiger partial charge in [-0.3, -0.25) is 10.1 Å². The molecule has 0 radical (unpaired) electrons. The van der Waals surface area contributed by atoms with Gasteiger partial charge in [-0.1, -0.05) is 0 Å². The molecule has 1 aromatic carbocycles. The van der Waals surface area contributed by atoms with Crippen LogP contribution in [0.1, 0.15) is 0 Å².